The quantitative estimate of drug-likeness (QED) is 0.0766. The Morgan fingerprint density at radius 3 is 1.05 bits per heavy atom. The van der Waals surface area contributed by atoms with Crippen LogP contribution in [-0.2, 0) is 0 Å². The summed E-state index contributed by atoms with van der Waals surface area (Å²) in [4.78, 5) is 4.04. The number of halogens is 4. The van der Waals surface area contributed by atoms with Crippen LogP contribution in [0.2, 0.25) is 39.3 Å². The third-order valence-electron chi connectivity index (χ3n) is 12.8. The van der Waals surface area contributed by atoms with Crippen molar-refractivity contribution in [1.29, 1.82) is 0 Å². The fourth-order valence-corrected chi connectivity index (χ4v) is 11.6. The molecule has 0 unspecified atom stereocenters. The standard InChI is InChI=1S/C58H48F4N2Si2/c1-65(2,3)45-25-21-41(22-26-45)63(43-33-49(57(61)51(59)35-43)37-13-9-7-10-14-37)53-31-19-39-18-30-48-54(32-20-40-17-29-47(53)55(39)56(40)48)64(42-23-27-46(28-24-42)66(4,5)6)44-34-50(58(62)52(60)36-44)38-15-11-8-12-16-38/h7-36H,1-6H3. The maximum Gasteiger partial charge on any atom is 0.166 e. The Kier molecular flexibility index (Phi) is 10.7. The molecule has 0 saturated heterocycles. The predicted octanol–water partition coefficient (Wildman–Crippen LogP) is 16.5. The van der Waals surface area contributed by atoms with Crippen LogP contribution in [0, 0.1) is 23.3 Å². The predicted molar refractivity (Wildman–Crippen MR) is 276 cm³/mol. The first-order chi connectivity index (χ1) is 31.7. The van der Waals surface area contributed by atoms with Crippen molar-refractivity contribution >= 4 is 93.0 Å². The highest BCUT2D eigenvalue weighted by Gasteiger charge is 2.26. The lowest BCUT2D eigenvalue weighted by Crippen LogP contribution is -2.37. The lowest BCUT2D eigenvalue weighted by atomic mass is 9.91. The summed E-state index contributed by atoms with van der Waals surface area (Å²) in [5.74, 6) is -3.69. The van der Waals surface area contributed by atoms with Gasteiger partial charge in [0.1, 0.15) is 0 Å². The summed E-state index contributed by atoms with van der Waals surface area (Å²) in [6.07, 6.45) is 0. The second kappa shape index (κ2) is 16.5. The summed E-state index contributed by atoms with van der Waals surface area (Å²) in [6.45, 7) is 13.8. The Morgan fingerprint density at radius 1 is 0.348 bits per heavy atom. The molecule has 10 rings (SSSR count). The second-order valence-corrected chi connectivity index (χ2v) is 29.3. The van der Waals surface area contributed by atoms with Crippen LogP contribution < -0.4 is 20.2 Å². The van der Waals surface area contributed by atoms with Gasteiger partial charge in [0.2, 0.25) is 0 Å². The molecule has 0 aliphatic rings. The average molecular weight is 905 g/mol. The molecule has 2 nitrogen and oxygen atoms in total. The lowest BCUT2D eigenvalue weighted by Gasteiger charge is -2.30. The zero-order chi connectivity index (χ0) is 46.1. The van der Waals surface area contributed by atoms with Crippen LogP contribution in [0.3, 0.4) is 0 Å². The molecule has 0 heterocycles. The van der Waals surface area contributed by atoms with Crippen LogP contribution in [0.25, 0.3) is 54.6 Å². The fraction of sp³-hybridized carbons (Fsp3) is 0.103. The minimum atomic E-state index is -1.68. The van der Waals surface area contributed by atoms with Crippen molar-refractivity contribution in [2.45, 2.75) is 39.3 Å². The van der Waals surface area contributed by atoms with E-state index in [1.54, 1.807) is 36.4 Å². The zero-order valence-corrected chi connectivity index (χ0v) is 39.7. The molecule has 0 bridgehead atoms. The van der Waals surface area contributed by atoms with Gasteiger partial charge in [-0.15, -0.1) is 0 Å². The highest BCUT2D eigenvalue weighted by atomic mass is 28.3. The molecule has 0 aliphatic carbocycles. The highest BCUT2D eigenvalue weighted by Crippen LogP contribution is 2.48. The van der Waals surface area contributed by atoms with Crippen molar-refractivity contribution in [1.82, 2.24) is 0 Å². The van der Waals surface area contributed by atoms with Crippen LogP contribution in [0.1, 0.15) is 0 Å². The summed E-state index contributed by atoms with van der Waals surface area (Å²) >= 11 is 0. The van der Waals surface area contributed by atoms with Crippen molar-refractivity contribution in [3.8, 4) is 22.3 Å². The van der Waals surface area contributed by atoms with Gasteiger partial charge < -0.3 is 9.80 Å². The lowest BCUT2D eigenvalue weighted by molar-refractivity contribution is 0.511. The van der Waals surface area contributed by atoms with Gasteiger partial charge in [-0.1, -0.05) is 171 Å². The molecule has 0 N–H and O–H groups in total. The van der Waals surface area contributed by atoms with E-state index in [1.165, 1.54) is 22.5 Å². The molecule has 10 aromatic rings. The van der Waals surface area contributed by atoms with Gasteiger partial charge in [-0.2, -0.15) is 0 Å². The maximum absolute atomic E-state index is 16.0. The zero-order valence-electron chi connectivity index (χ0n) is 37.7. The molecule has 0 spiro atoms. The maximum atomic E-state index is 16.0. The molecule has 8 heteroatoms. The topological polar surface area (TPSA) is 6.48 Å². The number of nitrogens with zero attached hydrogens (tertiary/aromatic N) is 2. The molecule has 66 heavy (non-hydrogen) atoms. The number of benzene rings is 10. The number of hydrogen-bond acceptors (Lipinski definition) is 2. The van der Waals surface area contributed by atoms with Gasteiger partial charge in [-0.25, -0.2) is 17.6 Å². The Balaban J connectivity index is 1.22. The summed E-state index contributed by atoms with van der Waals surface area (Å²) in [5, 5.41) is 8.35. The van der Waals surface area contributed by atoms with E-state index < -0.39 is 39.4 Å². The van der Waals surface area contributed by atoms with E-state index >= 15 is 17.6 Å². The molecular formula is C58H48F4N2Si2. The van der Waals surface area contributed by atoms with Gasteiger partial charge in [0.05, 0.1) is 27.5 Å². The molecule has 0 atom stereocenters. The summed E-state index contributed by atoms with van der Waals surface area (Å²) in [5.41, 5.74) is 5.63. The van der Waals surface area contributed by atoms with Gasteiger partial charge in [0.15, 0.2) is 23.3 Å². The van der Waals surface area contributed by atoms with Crippen LogP contribution in [0.5, 0.6) is 0 Å². The number of hydrogen-bond donors (Lipinski definition) is 0. The minimum absolute atomic E-state index is 0.169. The van der Waals surface area contributed by atoms with Crippen LogP contribution >= 0.6 is 0 Å². The first-order valence-electron chi connectivity index (χ1n) is 22.3. The van der Waals surface area contributed by atoms with Crippen molar-refractivity contribution in [2.75, 3.05) is 9.80 Å². The molecule has 0 amide bonds. The van der Waals surface area contributed by atoms with E-state index in [0.29, 0.717) is 22.5 Å². The van der Waals surface area contributed by atoms with Gasteiger partial charge in [0, 0.05) is 56.8 Å². The normalized spacial score (nSPS) is 12.1. The van der Waals surface area contributed by atoms with E-state index in [1.807, 2.05) is 46.2 Å². The third kappa shape index (κ3) is 7.63. The molecule has 0 saturated carbocycles. The van der Waals surface area contributed by atoms with Gasteiger partial charge in [-0.05, 0) is 81.2 Å². The number of anilines is 6. The van der Waals surface area contributed by atoms with Crippen LogP contribution in [0.15, 0.2) is 182 Å². The summed E-state index contributed by atoms with van der Waals surface area (Å²) in [6, 6.07) is 57.7. The van der Waals surface area contributed by atoms with E-state index in [2.05, 4.69) is 136 Å². The van der Waals surface area contributed by atoms with Crippen molar-refractivity contribution in [2.24, 2.45) is 0 Å². The monoisotopic (exact) mass is 904 g/mol. The largest absolute Gasteiger partial charge is 0.310 e. The molecular weight excluding hydrogens is 857 g/mol. The summed E-state index contributed by atoms with van der Waals surface area (Å²) < 4.78 is 63.5. The summed E-state index contributed by atoms with van der Waals surface area (Å²) in [7, 11) is -3.36. The van der Waals surface area contributed by atoms with Crippen molar-refractivity contribution in [3.05, 3.63) is 205 Å². The Hall–Kier alpha value is -7.01. The first-order valence-corrected chi connectivity index (χ1v) is 29.3. The second-order valence-electron chi connectivity index (χ2n) is 19.2. The highest BCUT2D eigenvalue weighted by molar-refractivity contribution is 6.89. The van der Waals surface area contributed by atoms with E-state index in [0.717, 1.165) is 55.1 Å². The average Bonchev–Trinajstić information content (AvgIpc) is 3.31. The van der Waals surface area contributed by atoms with Gasteiger partial charge >= 0.3 is 0 Å². The van der Waals surface area contributed by atoms with Crippen LogP contribution in [0.4, 0.5) is 51.7 Å². The molecule has 10 aromatic carbocycles. The molecule has 0 aliphatic heterocycles. The van der Waals surface area contributed by atoms with E-state index in [9.17, 15) is 0 Å². The minimum Gasteiger partial charge on any atom is -0.310 e. The van der Waals surface area contributed by atoms with Gasteiger partial charge in [0.25, 0.3) is 0 Å². The third-order valence-corrected chi connectivity index (χ3v) is 16.9. The van der Waals surface area contributed by atoms with Crippen LogP contribution in [-0.4, -0.2) is 16.1 Å². The number of rotatable bonds is 10. The first kappa shape index (κ1) is 42.9. The molecule has 0 fully saturated rings. The molecule has 0 radical (unpaired) electrons. The van der Waals surface area contributed by atoms with E-state index in [4.69, 9.17) is 0 Å². The Morgan fingerprint density at radius 2 is 0.697 bits per heavy atom. The Labute approximate surface area is 385 Å². The van der Waals surface area contributed by atoms with Crippen molar-refractivity contribution < 1.29 is 17.6 Å². The fourth-order valence-electron chi connectivity index (χ4n) is 9.30. The van der Waals surface area contributed by atoms with Crippen molar-refractivity contribution in [3.63, 3.8) is 0 Å². The van der Waals surface area contributed by atoms with E-state index in [-0.39, 0.29) is 11.1 Å². The smallest absolute Gasteiger partial charge is 0.166 e. The molecule has 326 valence electrons. The van der Waals surface area contributed by atoms with Gasteiger partial charge in [-0.3, -0.25) is 0 Å². The SMILES string of the molecule is C[Si](C)(C)c1ccc(N(c2cc(F)c(F)c(-c3ccccc3)c2)c2ccc3ccc4c(N(c5ccc([Si](C)(C)C)cc5)c5cc(F)c(F)c(-c6ccccc6)c5)ccc5ccc2c3c54)cc1. The molecule has 0 aromatic heterocycles. The Bertz CT molecular complexity index is 3190.